The lowest BCUT2D eigenvalue weighted by atomic mass is 9.68. The quantitative estimate of drug-likeness (QED) is 0.422. The van der Waals surface area contributed by atoms with E-state index >= 15 is 0 Å². The van der Waals surface area contributed by atoms with E-state index in [0.29, 0.717) is 5.75 Å². The minimum atomic E-state index is -4.29. The normalized spacial score (nSPS) is 28.3. The molecule has 164 valence electrons. The summed E-state index contributed by atoms with van der Waals surface area (Å²) in [7, 11) is 0. The monoisotopic (exact) mass is 410 g/mol. The average Bonchev–Trinajstić information content (AvgIpc) is 2.72. The van der Waals surface area contributed by atoms with E-state index in [0.717, 1.165) is 30.1 Å². The second-order valence-corrected chi connectivity index (χ2v) is 9.44. The molecular formula is C25H37F3O. The van der Waals surface area contributed by atoms with Gasteiger partial charge in [0.1, 0.15) is 5.75 Å². The van der Waals surface area contributed by atoms with Crippen LogP contribution in [0.4, 0.5) is 13.2 Å². The number of ether oxygens (including phenoxy) is 1. The molecule has 0 aromatic heterocycles. The average molecular weight is 411 g/mol. The van der Waals surface area contributed by atoms with Crippen molar-refractivity contribution in [2.75, 3.05) is 6.61 Å². The Balaban J connectivity index is 1.34. The number of hydrogen-bond donors (Lipinski definition) is 0. The third-order valence-electron chi connectivity index (χ3n) is 7.31. The van der Waals surface area contributed by atoms with E-state index in [-0.39, 0.29) is 0 Å². The summed E-state index contributed by atoms with van der Waals surface area (Å²) in [5, 5.41) is 0. The molecule has 2 aliphatic rings. The first-order chi connectivity index (χ1) is 13.9. The number of rotatable bonds is 8. The van der Waals surface area contributed by atoms with Crippen LogP contribution in [-0.4, -0.2) is 12.8 Å². The molecule has 29 heavy (non-hydrogen) atoms. The van der Waals surface area contributed by atoms with E-state index in [9.17, 15) is 13.2 Å². The van der Waals surface area contributed by atoms with Gasteiger partial charge < -0.3 is 4.74 Å². The number of alkyl halides is 3. The van der Waals surface area contributed by atoms with E-state index in [1.54, 1.807) is 12.1 Å². The van der Waals surface area contributed by atoms with Crippen molar-refractivity contribution in [3.63, 3.8) is 0 Å². The maximum atomic E-state index is 12.2. The van der Waals surface area contributed by atoms with Crippen molar-refractivity contribution in [3.8, 4) is 5.75 Å². The van der Waals surface area contributed by atoms with Crippen molar-refractivity contribution in [1.29, 1.82) is 0 Å². The van der Waals surface area contributed by atoms with E-state index in [1.807, 2.05) is 12.1 Å². The smallest absolute Gasteiger partial charge is 0.422 e. The van der Waals surface area contributed by atoms with Crippen LogP contribution in [0.25, 0.3) is 0 Å². The maximum Gasteiger partial charge on any atom is 0.422 e. The zero-order valence-corrected chi connectivity index (χ0v) is 17.9. The minimum Gasteiger partial charge on any atom is -0.484 e. The lowest BCUT2D eigenvalue weighted by molar-refractivity contribution is -0.153. The molecule has 1 aromatic rings. The molecule has 2 aliphatic carbocycles. The Bertz CT molecular complexity index is 579. The molecule has 3 rings (SSSR count). The van der Waals surface area contributed by atoms with Crippen molar-refractivity contribution >= 4 is 0 Å². The SMILES string of the molecule is CCC[C@H]1CC[C@H]([C@H]2CC[C@H](CCc3ccc(OCC(F)(F)F)cc3)CC2)CC1. The van der Waals surface area contributed by atoms with Crippen LogP contribution in [0, 0.1) is 23.7 Å². The Labute approximate surface area is 174 Å². The summed E-state index contributed by atoms with van der Waals surface area (Å²) in [5.41, 5.74) is 1.20. The number of hydrogen-bond acceptors (Lipinski definition) is 1. The van der Waals surface area contributed by atoms with Crippen molar-refractivity contribution in [2.24, 2.45) is 23.7 Å². The van der Waals surface area contributed by atoms with Crippen LogP contribution in [0.3, 0.4) is 0 Å². The molecule has 4 heteroatoms. The second kappa shape index (κ2) is 10.7. The van der Waals surface area contributed by atoms with Crippen LogP contribution in [0.5, 0.6) is 5.75 Å². The fourth-order valence-electron chi connectivity index (χ4n) is 5.59. The molecule has 0 saturated heterocycles. The van der Waals surface area contributed by atoms with Crippen LogP contribution < -0.4 is 4.74 Å². The van der Waals surface area contributed by atoms with Crippen LogP contribution in [0.2, 0.25) is 0 Å². The highest BCUT2D eigenvalue weighted by molar-refractivity contribution is 5.27. The van der Waals surface area contributed by atoms with E-state index in [1.165, 1.54) is 76.2 Å². The van der Waals surface area contributed by atoms with Crippen molar-refractivity contribution < 1.29 is 17.9 Å². The Morgan fingerprint density at radius 2 is 1.31 bits per heavy atom. The predicted molar refractivity (Wildman–Crippen MR) is 112 cm³/mol. The lowest BCUT2D eigenvalue weighted by Gasteiger charge is -2.38. The zero-order chi connectivity index (χ0) is 20.7. The van der Waals surface area contributed by atoms with Crippen molar-refractivity contribution in [3.05, 3.63) is 29.8 Å². The van der Waals surface area contributed by atoms with Crippen LogP contribution in [0.15, 0.2) is 24.3 Å². The van der Waals surface area contributed by atoms with Gasteiger partial charge in [0, 0.05) is 0 Å². The van der Waals surface area contributed by atoms with Crippen molar-refractivity contribution in [1.82, 2.24) is 0 Å². The van der Waals surface area contributed by atoms with Gasteiger partial charge in [-0.25, -0.2) is 0 Å². The molecule has 2 saturated carbocycles. The highest BCUT2D eigenvalue weighted by Gasteiger charge is 2.30. The molecule has 0 spiro atoms. The number of aryl methyl sites for hydroxylation is 1. The van der Waals surface area contributed by atoms with Crippen molar-refractivity contribution in [2.45, 2.75) is 90.1 Å². The Morgan fingerprint density at radius 1 is 0.793 bits per heavy atom. The molecule has 1 nitrogen and oxygen atoms in total. The molecule has 1 aromatic carbocycles. The van der Waals surface area contributed by atoms with Gasteiger partial charge >= 0.3 is 6.18 Å². The van der Waals surface area contributed by atoms with Gasteiger partial charge in [0.25, 0.3) is 0 Å². The zero-order valence-electron chi connectivity index (χ0n) is 17.9. The van der Waals surface area contributed by atoms with Gasteiger partial charge in [0.15, 0.2) is 6.61 Å². The van der Waals surface area contributed by atoms with Crippen LogP contribution in [-0.2, 0) is 6.42 Å². The lowest BCUT2D eigenvalue weighted by Crippen LogP contribution is -2.26. The van der Waals surface area contributed by atoms with Gasteiger partial charge in [-0.3, -0.25) is 0 Å². The fourth-order valence-corrected chi connectivity index (χ4v) is 5.59. The van der Waals surface area contributed by atoms with Crippen LogP contribution in [0.1, 0.15) is 83.1 Å². The molecule has 2 fully saturated rings. The van der Waals surface area contributed by atoms with Gasteiger partial charge in [-0.05, 0) is 79.9 Å². The Hall–Kier alpha value is -1.19. The predicted octanol–water partition coefficient (Wildman–Crippen LogP) is 7.97. The molecule has 0 N–H and O–H groups in total. The van der Waals surface area contributed by atoms with Gasteiger partial charge in [-0.1, -0.05) is 57.6 Å². The summed E-state index contributed by atoms with van der Waals surface area (Å²) in [6, 6.07) is 7.14. The van der Waals surface area contributed by atoms with Gasteiger partial charge in [0.2, 0.25) is 0 Å². The standard InChI is InChI=1S/C25H37F3O/c1-2-3-19-6-12-22(13-7-19)23-14-8-20(9-15-23)4-5-21-10-16-24(17-11-21)29-18-25(26,27)28/h10-11,16-17,19-20,22-23H,2-9,12-15,18H2,1H3/t19-,20-,22-,23-. The summed E-state index contributed by atoms with van der Waals surface area (Å²) in [6.45, 7) is 1.08. The molecule has 0 unspecified atom stereocenters. The summed E-state index contributed by atoms with van der Waals surface area (Å²) < 4.78 is 41.4. The van der Waals surface area contributed by atoms with Crippen LogP contribution >= 0.6 is 0 Å². The van der Waals surface area contributed by atoms with Gasteiger partial charge in [0.05, 0.1) is 0 Å². The fraction of sp³-hybridized carbons (Fsp3) is 0.760. The topological polar surface area (TPSA) is 9.23 Å². The first-order valence-electron chi connectivity index (χ1n) is 11.7. The van der Waals surface area contributed by atoms with Gasteiger partial charge in [-0.15, -0.1) is 0 Å². The Morgan fingerprint density at radius 3 is 1.79 bits per heavy atom. The molecule has 0 amide bonds. The third-order valence-corrected chi connectivity index (χ3v) is 7.31. The van der Waals surface area contributed by atoms with E-state index in [2.05, 4.69) is 6.92 Å². The molecule has 0 aliphatic heterocycles. The molecule has 0 heterocycles. The molecule has 0 radical (unpaired) electrons. The first-order valence-corrected chi connectivity index (χ1v) is 11.7. The summed E-state index contributed by atoms with van der Waals surface area (Å²) >= 11 is 0. The van der Waals surface area contributed by atoms with Gasteiger partial charge in [-0.2, -0.15) is 13.2 Å². The number of benzene rings is 1. The first kappa shape index (κ1) is 22.5. The summed E-state index contributed by atoms with van der Waals surface area (Å²) in [4.78, 5) is 0. The second-order valence-electron chi connectivity index (χ2n) is 9.44. The largest absolute Gasteiger partial charge is 0.484 e. The molecular weight excluding hydrogens is 373 g/mol. The molecule has 0 bridgehead atoms. The maximum absolute atomic E-state index is 12.2. The minimum absolute atomic E-state index is 0.292. The summed E-state index contributed by atoms with van der Waals surface area (Å²) in [6.07, 6.45) is 12.0. The highest BCUT2D eigenvalue weighted by atomic mass is 19.4. The third kappa shape index (κ3) is 7.53. The Kier molecular flexibility index (Phi) is 8.32. The number of halogens is 3. The molecule has 0 atom stereocenters. The van der Waals surface area contributed by atoms with E-state index < -0.39 is 12.8 Å². The highest BCUT2D eigenvalue weighted by Crippen LogP contribution is 2.43. The van der Waals surface area contributed by atoms with E-state index in [4.69, 9.17) is 4.74 Å². The summed E-state index contributed by atoms with van der Waals surface area (Å²) in [5.74, 6) is 4.04.